The zero-order chi connectivity index (χ0) is 59.6. The number of furan rings is 1. The summed E-state index contributed by atoms with van der Waals surface area (Å²) in [6.45, 7) is 0. The fourth-order valence-electron chi connectivity index (χ4n) is 6.33. The molecule has 1 heteroatoms. The third kappa shape index (κ3) is 4.28. The van der Waals surface area contributed by atoms with E-state index in [1.54, 1.807) is 0 Å². The summed E-state index contributed by atoms with van der Waals surface area (Å²) in [6, 6.07) is -27.9. The summed E-state index contributed by atoms with van der Waals surface area (Å²) in [5.41, 5.74) is -5.90. The monoisotopic (exact) mass is 676 g/mol. The predicted molar refractivity (Wildman–Crippen MR) is 218 cm³/mol. The second kappa shape index (κ2) is 10.9. The van der Waals surface area contributed by atoms with Crippen molar-refractivity contribution in [3.8, 4) is 33.4 Å². The molecule has 0 aliphatic rings. The van der Waals surface area contributed by atoms with Crippen LogP contribution in [0.25, 0.3) is 109 Å². The van der Waals surface area contributed by atoms with Gasteiger partial charge in [-0.15, -0.1) is 0 Å². The Labute approximate surface area is 336 Å². The van der Waals surface area contributed by atoms with Gasteiger partial charge in [0.05, 0.1) is 41.1 Å². The first-order valence-electron chi connectivity index (χ1n) is 30.2. The molecule has 51 heavy (non-hydrogen) atoms. The molecule has 0 aliphatic carbocycles. The molecule has 0 radical (unpaired) electrons. The molecule has 1 nitrogen and oxygen atoms in total. The summed E-state index contributed by atoms with van der Waals surface area (Å²) >= 11 is 0. The quantitative estimate of drug-likeness (QED) is 0.170. The van der Waals surface area contributed by atoms with Crippen molar-refractivity contribution in [1.82, 2.24) is 0 Å². The Morgan fingerprint density at radius 2 is 0.843 bits per heavy atom. The highest BCUT2D eigenvalue weighted by molar-refractivity contribution is 6.23. The van der Waals surface area contributed by atoms with Crippen LogP contribution in [-0.2, 0) is 0 Å². The van der Waals surface area contributed by atoms with Gasteiger partial charge < -0.3 is 4.42 Å². The molecule has 0 aliphatic heterocycles. The molecule has 0 saturated heterocycles. The van der Waals surface area contributed by atoms with Crippen molar-refractivity contribution < 1.29 is 45.5 Å². The second-order valence-corrected chi connectivity index (χ2v) is 11.3. The second-order valence-electron chi connectivity index (χ2n) is 11.3. The molecule has 1 heterocycles. The lowest BCUT2D eigenvalue weighted by Gasteiger charge is -2.18. The van der Waals surface area contributed by atoms with Crippen LogP contribution in [-0.4, -0.2) is 0 Å². The smallest absolute Gasteiger partial charge is 0.136 e. The number of hydrogen-bond donors (Lipinski definition) is 0. The predicted octanol–water partition coefficient (Wildman–Crippen LogP) is 14.4. The van der Waals surface area contributed by atoms with Crippen LogP contribution in [0.15, 0.2) is 186 Å². The topological polar surface area (TPSA) is 13.1 Å². The summed E-state index contributed by atoms with van der Waals surface area (Å²) in [7, 11) is 0. The van der Waals surface area contributed by atoms with E-state index in [1.165, 1.54) is 0 Å². The lowest BCUT2D eigenvalue weighted by atomic mass is 9.85. The molecule has 0 fully saturated rings. The fraction of sp³-hybridized carbons (Fsp3) is 0. The van der Waals surface area contributed by atoms with Crippen molar-refractivity contribution in [2.45, 2.75) is 0 Å². The Bertz CT molecular complexity index is 4850. The zero-order valence-electron chi connectivity index (χ0n) is 55.4. The summed E-state index contributed by atoms with van der Waals surface area (Å²) in [5, 5.41) is -7.67. The maximum absolute atomic E-state index is 9.97. The van der Waals surface area contributed by atoms with E-state index in [1.807, 2.05) is 0 Å². The van der Waals surface area contributed by atoms with Crippen molar-refractivity contribution in [2.24, 2.45) is 0 Å². The average molecular weight is 677 g/mol. The van der Waals surface area contributed by atoms with Crippen LogP contribution >= 0.6 is 0 Å². The molecule has 0 bridgehead atoms. The molecule has 11 aromatic rings. The van der Waals surface area contributed by atoms with Crippen LogP contribution < -0.4 is 0 Å². The molecule has 0 unspecified atom stereocenters. The van der Waals surface area contributed by atoms with E-state index in [4.69, 9.17) is 26.3 Å². The largest absolute Gasteiger partial charge is 0.456 e. The highest BCUT2D eigenvalue weighted by Gasteiger charge is 2.18. The van der Waals surface area contributed by atoms with Crippen molar-refractivity contribution in [3.05, 3.63) is 181 Å². The number of fused-ring (bicyclic) bond motifs is 9. The van der Waals surface area contributed by atoms with Gasteiger partial charge >= 0.3 is 0 Å². The number of rotatable bonds is 3. The van der Waals surface area contributed by atoms with Gasteiger partial charge in [-0.1, -0.05) is 151 Å². The van der Waals surface area contributed by atoms with E-state index < -0.39 is 285 Å². The summed E-state index contributed by atoms with van der Waals surface area (Å²) in [5.74, 6) is 0. The molecular formula is C50H30O. The minimum Gasteiger partial charge on any atom is -0.456 e. The van der Waals surface area contributed by atoms with Gasteiger partial charge in [0.1, 0.15) is 11.2 Å². The molecule has 0 saturated carbocycles. The minimum atomic E-state index is -1.12. The Kier molecular flexibility index (Phi) is 2.50. The van der Waals surface area contributed by atoms with Gasteiger partial charge in [-0.25, -0.2) is 0 Å². The van der Waals surface area contributed by atoms with Crippen molar-refractivity contribution in [2.75, 3.05) is 0 Å². The summed E-state index contributed by atoms with van der Waals surface area (Å²) < 4.78 is 278. The summed E-state index contributed by atoms with van der Waals surface area (Å²) in [4.78, 5) is 0. The van der Waals surface area contributed by atoms with Crippen LogP contribution in [0.2, 0.25) is 0 Å². The molecule has 0 amide bonds. The Morgan fingerprint density at radius 1 is 0.314 bits per heavy atom. The standard InChI is InChI=1S/C50H30O/c1-2-12-33-28-36(21-20-31(33)10-1)48-41-15-5-7-17-43(41)49(44-18-8-6-16-42(44)48)37-22-25-39-34(29-37)13-9-19-38(39)35-24-26-46-45(30-35)50-40-14-4-3-11-32(40)23-27-47(50)51-46/h1-30H/i1D,2D,3D,4D,5D,6D,7D,8D,9D,10D,11D,12D,13D,14D,15D,16D,17D,18D,19D,20D,21D,22D,23D,24D,25D,26D,27D,28D,29D,30D. The maximum Gasteiger partial charge on any atom is 0.136 e. The average Bonchev–Trinajstić information content (AvgIpc) is 3.42. The molecule has 10 aromatic carbocycles. The Hall–Kier alpha value is -6.70. The molecule has 0 N–H and O–H groups in total. The van der Waals surface area contributed by atoms with E-state index >= 15 is 0 Å². The molecule has 1 aromatic heterocycles. The van der Waals surface area contributed by atoms with E-state index in [2.05, 4.69) is 0 Å². The van der Waals surface area contributed by atoms with Crippen molar-refractivity contribution >= 4 is 75.8 Å². The Morgan fingerprint density at radius 3 is 1.57 bits per heavy atom. The van der Waals surface area contributed by atoms with Gasteiger partial charge in [0.15, 0.2) is 0 Å². The van der Waals surface area contributed by atoms with Crippen LogP contribution in [0.1, 0.15) is 41.1 Å². The molecule has 11 rings (SSSR count). The zero-order valence-corrected chi connectivity index (χ0v) is 25.4. The highest BCUT2D eigenvalue weighted by Crippen LogP contribution is 2.45. The lowest BCUT2D eigenvalue weighted by molar-refractivity contribution is 0.669. The van der Waals surface area contributed by atoms with Crippen LogP contribution in [0.5, 0.6) is 0 Å². The Balaban J connectivity index is 1.37. The van der Waals surface area contributed by atoms with Gasteiger partial charge in [-0.2, -0.15) is 0 Å². The first kappa shape index (κ1) is 11.7. The van der Waals surface area contributed by atoms with Gasteiger partial charge in [0, 0.05) is 10.8 Å². The van der Waals surface area contributed by atoms with Gasteiger partial charge in [0.2, 0.25) is 0 Å². The van der Waals surface area contributed by atoms with Gasteiger partial charge in [-0.05, 0) is 117 Å². The SMILES string of the molecule is [2H]c1c(-c2c([2H])c([2H])c([2H])c3c([2H])c(-c4c5c([2H])c([2H])c([2H])c([2H])c5c(-c5c([2H])c([2H])c6c([2H])c([2H])c([2H])c([2H])c6c5[2H])c5c([2H])c([2H])c([2H])c([2H])c45)c([2H])c([2H])c23)c([2H])c2c(oc3c([2H])c([2H])c4c([2H])c([2H])c([2H])c([2H])c4c32)c1[2H]. The fourth-order valence-corrected chi connectivity index (χ4v) is 6.33. The molecule has 0 spiro atoms. The number of benzene rings is 10. The van der Waals surface area contributed by atoms with E-state index in [-0.39, 0.29) is 5.39 Å². The normalized spacial score (nSPS) is 20.2. The van der Waals surface area contributed by atoms with E-state index in [0.717, 1.165) is 0 Å². The summed E-state index contributed by atoms with van der Waals surface area (Å²) in [6.07, 6.45) is 0. The molecule has 236 valence electrons. The van der Waals surface area contributed by atoms with Gasteiger partial charge in [-0.3, -0.25) is 0 Å². The molecule has 0 atom stereocenters. The third-order valence-corrected chi connectivity index (χ3v) is 8.51. The van der Waals surface area contributed by atoms with Crippen molar-refractivity contribution in [3.63, 3.8) is 0 Å². The van der Waals surface area contributed by atoms with Crippen LogP contribution in [0.3, 0.4) is 0 Å². The van der Waals surface area contributed by atoms with Gasteiger partial charge in [0.25, 0.3) is 0 Å². The highest BCUT2D eigenvalue weighted by atomic mass is 16.3. The third-order valence-electron chi connectivity index (χ3n) is 8.51. The van der Waals surface area contributed by atoms with E-state index in [0.29, 0.717) is 0 Å². The molecular weight excluding hydrogens is 617 g/mol. The van der Waals surface area contributed by atoms with Crippen LogP contribution in [0, 0.1) is 0 Å². The van der Waals surface area contributed by atoms with E-state index in [9.17, 15) is 19.2 Å². The first-order valence-corrected chi connectivity index (χ1v) is 15.2. The first-order chi connectivity index (χ1) is 37.8. The number of hydrogen-bond acceptors (Lipinski definition) is 1. The maximum atomic E-state index is 9.97. The minimum absolute atomic E-state index is 0.388. The lowest BCUT2D eigenvalue weighted by Crippen LogP contribution is -1.91. The van der Waals surface area contributed by atoms with Crippen molar-refractivity contribution in [1.29, 1.82) is 0 Å². The van der Waals surface area contributed by atoms with Crippen LogP contribution in [0.4, 0.5) is 0 Å².